The number of pyridine rings is 1. The van der Waals surface area contributed by atoms with E-state index in [9.17, 15) is 4.79 Å². The molecule has 2 heterocycles. The predicted octanol–water partition coefficient (Wildman–Crippen LogP) is 2.86. The van der Waals surface area contributed by atoms with Crippen molar-refractivity contribution in [3.05, 3.63) is 59.9 Å². The number of piperazine rings is 1. The van der Waals surface area contributed by atoms with Crippen LogP contribution in [0.5, 0.6) is 0 Å². The summed E-state index contributed by atoms with van der Waals surface area (Å²) in [5.41, 5.74) is 2.70. The van der Waals surface area contributed by atoms with E-state index in [-0.39, 0.29) is 0 Å². The van der Waals surface area contributed by atoms with Crippen molar-refractivity contribution in [2.75, 3.05) is 24.5 Å². The second kappa shape index (κ2) is 7.27. The minimum atomic E-state index is -0.880. The Morgan fingerprint density at radius 1 is 1.17 bits per heavy atom. The summed E-state index contributed by atoms with van der Waals surface area (Å²) in [5, 5.41) is 8.96. The lowest BCUT2D eigenvalue weighted by atomic mass is 10.1. The third-order valence-electron chi connectivity index (χ3n) is 4.04. The lowest BCUT2D eigenvalue weighted by Crippen LogP contribution is -2.50. The van der Waals surface area contributed by atoms with Crippen LogP contribution in [0.2, 0.25) is 0 Å². The molecule has 1 saturated heterocycles. The lowest BCUT2D eigenvalue weighted by Gasteiger charge is -2.40. The van der Waals surface area contributed by atoms with Gasteiger partial charge in [-0.2, -0.15) is 0 Å². The number of rotatable bonds is 4. The van der Waals surface area contributed by atoms with Crippen LogP contribution in [-0.2, 0) is 6.54 Å². The summed E-state index contributed by atoms with van der Waals surface area (Å²) in [6, 6.07) is 11.2. The molecule has 0 amide bonds. The normalized spacial score (nSPS) is 18.8. The SMILES string of the molecule is O=C(O)c1ccc(CN2CCN(c3ccncc3)CC2I)cc1. The minimum absolute atomic E-state index is 0.335. The van der Waals surface area contributed by atoms with Gasteiger partial charge in [-0.05, 0) is 29.8 Å². The molecule has 23 heavy (non-hydrogen) atoms. The number of carboxylic acid groups (broad SMARTS) is 1. The number of hydrogen-bond donors (Lipinski definition) is 1. The van der Waals surface area contributed by atoms with E-state index in [1.807, 2.05) is 36.7 Å². The van der Waals surface area contributed by atoms with Crippen molar-refractivity contribution >= 4 is 34.2 Å². The molecule has 1 N–H and O–H groups in total. The van der Waals surface area contributed by atoms with Gasteiger partial charge in [0.05, 0.1) is 9.61 Å². The predicted molar refractivity (Wildman–Crippen MR) is 98.1 cm³/mol. The third-order valence-corrected chi connectivity index (χ3v) is 5.22. The molecule has 3 rings (SSSR count). The molecular weight excluding hydrogens is 405 g/mol. The zero-order valence-corrected chi connectivity index (χ0v) is 14.8. The van der Waals surface area contributed by atoms with E-state index in [0.29, 0.717) is 9.61 Å². The van der Waals surface area contributed by atoms with Crippen LogP contribution >= 0.6 is 22.6 Å². The van der Waals surface area contributed by atoms with Crippen LogP contribution in [-0.4, -0.2) is 44.6 Å². The Hall–Kier alpha value is -1.67. The summed E-state index contributed by atoms with van der Waals surface area (Å²) in [7, 11) is 0. The summed E-state index contributed by atoms with van der Waals surface area (Å²) < 4.78 is 0.411. The molecule has 0 radical (unpaired) electrons. The zero-order valence-electron chi connectivity index (χ0n) is 12.6. The number of halogens is 1. The first kappa shape index (κ1) is 16.2. The Morgan fingerprint density at radius 2 is 1.87 bits per heavy atom. The van der Waals surface area contributed by atoms with Crippen molar-refractivity contribution < 1.29 is 9.90 Å². The molecule has 1 fully saturated rings. The van der Waals surface area contributed by atoms with Crippen molar-refractivity contribution in [3.63, 3.8) is 0 Å². The monoisotopic (exact) mass is 423 g/mol. The van der Waals surface area contributed by atoms with Crippen LogP contribution in [0.15, 0.2) is 48.8 Å². The molecule has 1 atom stereocenters. The first-order valence-corrected chi connectivity index (χ1v) is 8.73. The molecule has 1 aliphatic rings. The Morgan fingerprint density at radius 3 is 2.48 bits per heavy atom. The summed E-state index contributed by atoms with van der Waals surface area (Å²) in [6.07, 6.45) is 3.65. The molecule has 1 unspecified atom stereocenters. The Kier molecular flexibility index (Phi) is 5.12. The van der Waals surface area contributed by atoms with Gasteiger partial charge >= 0.3 is 5.97 Å². The molecule has 2 aromatic rings. The Balaban J connectivity index is 1.61. The van der Waals surface area contributed by atoms with Gasteiger partial charge in [0.1, 0.15) is 0 Å². The molecular formula is C17H18IN3O2. The van der Waals surface area contributed by atoms with Crippen LogP contribution in [0.25, 0.3) is 0 Å². The van der Waals surface area contributed by atoms with Gasteiger partial charge in [-0.3, -0.25) is 9.88 Å². The summed E-state index contributed by atoms with van der Waals surface area (Å²) in [6.45, 7) is 3.78. The summed E-state index contributed by atoms with van der Waals surface area (Å²) in [5.74, 6) is -0.880. The van der Waals surface area contributed by atoms with E-state index in [0.717, 1.165) is 31.7 Å². The Labute approximate surface area is 149 Å². The highest BCUT2D eigenvalue weighted by Gasteiger charge is 2.25. The van der Waals surface area contributed by atoms with Crippen molar-refractivity contribution in [1.29, 1.82) is 0 Å². The molecule has 1 aliphatic heterocycles. The number of anilines is 1. The van der Waals surface area contributed by atoms with E-state index in [2.05, 4.69) is 37.4 Å². The molecule has 0 bridgehead atoms. The molecule has 1 aromatic carbocycles. The molecule has 5 nitrogen and oxygen atoms in total. The summed E-state index contributed by atoms with van der Waals surface area (Å²) in [4.78, 5) is 19.8. The van der Waals surface area contributed by atoms with Gasteiger partial charge in [0.25, 0.3) is 0 Å². The van der Waals surface area contributed by atoms with Gasteiger partial charge < -0.3 is 10.0 Å². The van der Waals surface area contributed by atoms with Gasteiger partial charge in [0.2, 0.25) is 0 Å². The second-order valence-corrected chi connectivity index (χ2v) is 7.00. The molecule has 6 heteroatoms. The number of nitrogens with zero attached hydrogens (tertiary/aromatic N) is 3. The minimum Gasteiger partial charge on any atom is -0.478 e. The fraction of sp³-hybridized carbons (Fsp3) is 0.294. The largest absolute Gasteiger partial charge is 0.478 e. The van der Waals surface area contributed by atoms with Gasteiger partial charge in [0, 0.05) is 44.3 Å². The van der Waals surface area contributed by atoms with Crippen LogP contribution in [0.3, 0.4) is 0 Å². The lowest BCUT2D eigenvalue weighted by molar-refractivity contribution is 0.0697. The standard InChI is InChI=1S/C17H18IN3O2/c18-16-12-20(15-5-7-19-8-6-15)9-10-21(16)11-13-1-3-14(4-2-13)17(22)23/h1-8,16H,9-12H2,(H,22,23). The highest BCUT2D eigenvalue weighted by atomic mass is 127. The third kappa shape index (κ3) is 4.00. The van der Waals surface area contributed by atoms with Gasteiger partial charge in [-0.25, -0.2) is 4.79 Å². The Bertz CT molecular complexity index is 663. The van der Waals surface area contributed by atoms with Gasteiger partial charge in [0.15, 0.2) is 0 Å². The smallest absolute Gasteiger partial charge is 0.335 e. The zero-order chi connectivity index (χ0) is 16.2. The number of carboxylic acids is 1. The first-order valence-electron chi connectivity index (χ1n) is 7.49. The average Bonchev–Trinajstić information content (AvgIpc) is 2.58. The maximum Gasteiger partial charge on any atom is 0.335 e. The van der Waals surface area contributed by atoms with Crippen LogP contribution in [0, 0.1) is 0 Å². The maximum atomic E-state index is 10.9. The van der Waals surface area contributed by atoms with E-state index in [1.165, 1.54) is 5.69 Å². The van der Waals surface area contributed by atoms with Crippen molar-refractivity contribution in [1.82, 2.24) is 9.88 Å². The average molecular weight is 423 g/mol. The molecule has 0 aliphatic carbocycles. The molecule has 0 saturated carbocycles. The number of benzene rings is 1. The van der Waals surface area contributed by atoms with Crippen LogP contribution in [0.4, 0.5) is 5.69 Å². The number of carbonyl (C=O) groups is 1. The maximum absolute atomic E-state index is 10.9. The van der Waals surface area contributed by atoms with Gasteiger partial charge in [-0.15, -0.1) is 0 Å². The highest BCUT2D eigenvalue weighted by Crippen LogP contribution is 2.23. The van der Waals surface area contributed by atoms with E-state index in [1.54, 1.807) is 12.1 Å². The number of aromatic nitrogens is 1. The van der Waals surface area contributed by atoms with E-state index >= 15 is 0 Å². The number of aromatic carboxylic acids is 1. The molecule has 1 aromatic heterocycles. The van der Waals surface area contributed by atoms with Crippen molar-refractivity contribution in [2.24, 2.45) is 0 Å². The fourth-order valence-electron chi connectivity index (χ4n) is 2.73. The van der Waals surface area contributed by atoms with Crippen molar-refractivity contribution in [2.45, 2.75) is 10.6 Å². The van der Waals surface area contributed by atoms with E-state index in [4.69, 9.17) is 5.11 Å². The fourth-order valence-corrected chi connectivity index (χ4v) is 3.68. The van der Waals surface area contributed by atoms with Gasteiger partial charge in [-0.1, -0.05) is 34.7 Å². The molecule has 0 spiro atoms. The second-order valence-electron chi connectivity index (χ2n) is 5.56. The van der Waals surface area contributed by atoms with Crippen LogP contribution < -0.4 is 4.90 Å². The topological polar surface area (TPSA) is 56.7 Å². The quantitative estimate of drug-likeness (QED) is 0.466. The molecule has 120 valence electrons. The van der Waals surface area contributed by atoms with E-state index < -0.39 is 5.97 Å². The first-order chi connectivity index (χ1) is 11.1. The van der Waals surface area contributed by atoms with Crippen molar-refractivity contribution in [3.8, 4) is 0 Å². The summed E-state index contributed by atoms with van der Waals surface area (Å²) >= 11 is 2.48. The number of hydrogen-bond acceptors (Lipinski definition) is 4. The number of alkyl halides is 1. The highest BCUT2D eigenvalue weighted by molar-refractivity contribution is 14.1. The van der Waals surface area contributed by atoms with Crippen LogP contribution in [0.1, 0.15) is 15.9 Å².